The number of hydrogen-bond acceptors (Lipinski definition) is 6. The predicted octanol–water partition coefficient (Wildman–Crippen LogP) is 18.2. The van der Waals surface area contributed by atoms with Gasteiger partial charge in [0.05, 0.1) is 0 Å². The number of ether oxygens (including phenoxy) is 3. The van der Waals surface area contributed by atoms with Gasteiger partial charge in [0.25, 0.3) is 0 Å². The van der Waals surface area contributed by atoms with Gasteiger partial charge in [0.15, 0.2) is 6.10 Å². The maximum absolute atomic E-state index is 12.8. The van der Waals surface area contributed by atoms with E-state index in [-0.39, 0.29) is 31.6 Å². The molecule has 6 heteroatoms. The Balaban J connectivity index is 4.50. The van der Waals surface area contributed by atoms with E-state index in [0.717, 1.165) is 77.0 Å². The molecule has 0 aromatic heterocycles. The molecule has 0 aliphatic rings. The molecule has 0 radical (unpaired) electrons. The number of allylic oxidation sites excluding steroid dienone is 12. The Bertz CT molecular complexity index is 1230. The van der Waals surface area contributed by atoms with Crippen LogP contribution in [0.5, 0.6) is 0 Å². The molecule has 0 aliphatic heterocycles. The van der Waals surface area contributed by atoms with Gasteiger partial charge in [-0.15, -0.1) is 0 Å². The highest BCUT2D eigenvalue weighted by Crippen LogP contribution is 2.15. The summed E-state index contributed by atoms with van der Waals surface area (Å²) in [7, 11) is 0. The second-order valence-corrected chi connectivity index (χ2v) is 18.1. The number of esters is 3. The maximum Gasteiger partial charge on any atom is 0.306 e. The van der Waals surface area contributed by atoms with Crippen molar-refractivity contribution in [3.63, 3.8) is 0 Å². The van der Waals surface area contributed by atoms with Crippen LogP contribution >= 0.6 is 0 Å². The lowest BCUT2D eigenvalue weighted by Crippen LogP contribution is -2.30. The summed E-state index contributed by atoms with van der Waals surface area (Å²) in [5.74, 6) is -0.992. The second-order valence-electron chi connectivity index (χ2n) is 18.1. The topological polar surface area (TPSA) is 78.9 Å². The average Bonchev–Trinajstić information content (AvgIpc) is 3.30. The maximum atomic E-state index is 12.8. The molecular weight excluding hydrogens is 805 g/mol. The summed E-state index contributed by atoms with van der Waals surface area (Å²) in [6.45, 7) is 6.54. The van der Waals surface area contributed by atoms with Crippen molar-refractivity contribution in [3.8, 4) is 0 Å². The van der Waals surface area contributed by atoms with E-state index in [9.17, 15) is 14.4 Å². The average molecular weight is 907 g/mol. The Morgan fingerprint density at radius 3 is 0.985 bits per heavy atom. The molecule has 0 spiro atoms. The van der Waals surface area contributed by atoms with Gasteiger partial charge in [0, 0.05) is 19.3 Å². The number of carbonyl (C=O) groups excluding carboxylic acids is 3. The van der Waals surface area contributed by atoms with Gasteiger partial charge in [-0.05, 0) is 83.5 Å². The van der Waals surface area contributed by atoms with Gasteiger partial charge in [0.2, 0.25) is 0 Å². The largest absolute Gasteiger partial charge is 0.462 e. The van der Waals surface area contributed by atoms with Crippen LogP contribution in [0.1, 0.15) is 265 Å². The van der Waals surface area contributed by atoms with Crippen LogP contribution in [0.25, 0.3) is 0 Å². The normalized spacial score (nSPS) is 12.6. The Hall–Kier alpha value is -3.15. The van der Waals surface area contributed by atoms with Gasteiger partial charge in [-0.25, -0.2) is 0 Å². The fourth-order valence-corrected chi connectivity index (χ4v) is 7.54. The summed E-state index contributed by atoms with van der Waals surface area (Å²) >= 11 is 0. The monoisotopic (exact) mass is 907 g/mol. The van der Waals surface area contributed by atoms with E-state index in [4.69, 9.17) is 14.2 Å². The van der Waals surface area contributed by atoms with Crippen LogP contribution in [0.3, 0.4) is 0 Å². The van der Waals surface area contributed by atoms with Gasteiger partial charge in [-0.2, -0.15) is 0 Å². The molecule has 0 aromatic carbocycles. The lowest BCUT2D eigenvalue weighted by molar-refractivity contribution is -0.166. The molecule has 6 nitrogen and oxygen atoms in total. The first-order valence-electron chi connectivity index (χ1n) is 27.4. The Kier molecular flexibility index (Phi) is 50.9. The lowest BCUT2D eigenvalue weighted by atomic mass is 10.0. The molecule has 0 heterocycles. The van der Waals surface area contributed by atoms with E-state index in [0.29, 0.717) is 19.3 Å². The summed E-state index contributed by atoms with van der Waals surface area (Å²) in [4.78, 5) is 38.0. The minimum absolute atomic E-state index is 0.105. The van der Waals surface area contributed by atoms with Crippen molar-refractivity contribution in [1.29, 1.82) is 0 Å². The van der Waals surface area contributed by atoms with Crippen molar-refractivity contribution in [2.75, 3.05) is 13.2 Å². The summed E-state index contributed by atoms with van der Waals surface area (Å²) in [6, 6.07) is 0. The Morgan fingerprint density at radius 2 is 0.585 bits per heavy atom. The lowest BCUT2D eigenvalue weighted by Gasteiger charge is -2.18. The van der Waals surface area contributed by atoms with Crippen LogP contribution in [-0.2, 0) is 28.6 Å². The standard InChI is InChI=1S/C59H102O6/c1-4-7-10-13-16-19-22-25-27-28-29-30-32-35-38-41-44-47-50-53-59(62)65-56(54-63-57(60)51-48-45-42-39-36-33-24-21-18-15-12-9-6-3)55-64-58(61)52-49-46-43-40-37-34-31-26-23-20-17-14-11-8-5-2/h16,19,21,24-25,27,29-30,35,38,44,47,56H,4-15,17-18,20,22-23,26,28,31-34,36-37,39-43,45-46,48-55H2,1-3H3/b19-16-,24-21-,27-25-,30-29-,38-35-,47-44-/t56-/m1/s1. The minimum Gasteiger partial charge on any atom is -0.462 e. The highest BCUT2D eigenvalue weighted by molar-refractivity contribution is 5.71. The highest BCUT2D eigenvalue weighted by Gasteiger charge is 2.19. The van der Waals surface area contributed by atoms with E-state index >= 15 is 0 Å². The number of hydrogen-bond donors (Lipinski definition) is 0. The molecule has 0 aromatic rings. The molecule has 0 saturated heterocycles. The van der Waals surface area contributed by atoms with Gasteiger partial charge in [-0.3, -0.25) is 14.4 Å². The number of rotatable bonds is 49. The zero-order valence-electron chi connectivity index (χ0n) is 42.7. The van der Waals surface area contributed by atoms with Gasteiger partial charge in [-0.1, -0.05) is 235 Å². The van der Waals surface area contributed by atoms with Crippen LogP contribution in [0.4, 0.5) is 0 Å². The Labute approximate surface area is 402 Å². The third-order valence-electron chi connectivity index (χ3n) is 11.7. The van der Waals surface area contributed by atoms with E-state index in [1.54, 1.807) is 0 Å². The highest BCUT2D eigenvalue weighted by atomic mass is 16.6. The summed E-state index contributed by atoms with van der Waals surface area (Å²) in [5.41, 5.74) is 0. The first-order valence-corrected chi connectivity index (χ1v) is 27.4. The summed E-state index contributed by atoms with van der Waals surface area (Å²) < 4.78 is 16.7. The molecule has 0 aliphatic carbocycles. The fourth-order valence-electron chi connectivity index (χ4n) is 7.54. The van der Waals surface area contributed by atoms with Crippen LogP contribution in [-0.4, -0.2) is 37.2 Å². The summed E-state index contributed by atoms with van der Waals surface area (Å²) in [5, 5.41) is 0. The third-order valence-corrected chi connectivity index (χ3v) is 11.7. The van der Waals surface area contributed by atoms with E-state index < -0.39 is 12.1 Å². The minimum atomic E-state index is -0.816. The zero-order chi connectivity index (χ0) is 47.2. The molecule has 0 rings (SSSR count). The van der Waals surface area contributed by atoms with Crippen molar-refractivity contribution in [2.45, 2.75) is 271 Å². The van der Waals surface area contributed by atoms with E-state index in [2.05, 4.69) is 87.6 Å². The van der Waals surface area contributed by atoms with Crippen molar-refractivity contribution in [2.24, 2.45) is 0 Å². The van der Waals surface area contributed by atoms with Crippen LogP contribution in [0.2, 0.25) is 0 Å². The van der Waals surface area contributed by atoms with Crippen LogP contribution < -0.4 is 0 Å². The predicted molar refractivity (Wildman–Crippen MR) is 279 cm³/mol. The number of unbranched alkanes of at least 4 members (excludes halogenated alkanes) is 26. The second kappa shape index (κ2) is 53.5. The van der Waals surface area contributed by atoms with E-state index in [1.165, 1.54) is 141 Å². The van der Waals surface area contributed by atoms with Crippen LogP contribution in [0, 0.1) is 0 Å². The first kappa shape index (κ1) is 61.9. The van der Waals surface area contributed by atoms with Crippen LogP contribution in [0.15, 0.2) is 72.9 Å². The van der Waals surface area contributed by atoms with Gasteiger partial charge < -0.3 is 14.2 Å². The fraction of sp³-hybridized carbons (Fsp3) is 0.746. The molecule has 65 heavy (non-hydrogen) atoms. The molecular formula is C59H102O6. The zero-order valence-corrected chi connectivity index (χ0v) is 42.7. The molecule has 0 amide bonds. The van der Waals surface area contributed by atoms with Gasteiger partial charge in [0.1, 0.15) is 13.2 Å². The first-order chi connectivity index (χ1) is 32.0. The van der Waals surface area contributed by atoms with E-state index in [1.807, 2.05) is 6.08 Å². The van der Waals surface area contributed by atoms with Crippen molar-refractivity contribution in [1.82, 2.24) is 0 Å². The van der Waals surface area contributed by atoms with Crippen molar-refractivity contribution in [3.05, 3.63) is 72.9 Å². The molecule has 0 fully saturated rings. The molecule has 0 N–H and O–H groups in total. The molecule has 0 saturated carbocycles. The van der Waals surface area contributed by atoms with Gasteiger partial charge >= 0.3 is 17.9 Å². The summed E-state index contributed by atoms with van der Waals surface area (Å²) in [6.07, 6.45) is 67.5. The molecule has 1 atom stereocenters. The molecule has 0 unspecified atom stereocenters. The SMILES string of the molecule is CCCCC/C=C\C/C=C\C/C=C\C/C=C\C/C=C\CCC(=O)O[C@H](COC(=O)CCCCCCC/C=C\CCCCCC)COC(=O)CCCCCCCCCCCCCCCCC. The number of carbonyl (C=O) groups is 3. The smallest absolute Gasteiger partial charge is 0.306 e. The quantitative estimate of drug-likeness (QED) is 0.0262. The molecule has 0 bridgehead atoms. The van der Waals surface area contributed by atoms with Crippen molar-refractivity contribution < 1.29 is 28.6 Å². The van der Waals surface area contributed by atoms with Crippen molar-refractivity contribution >= 4 is 17.9 Å². The Morgan fingerprint density at radius 1 is 0.308 bits per heavy atom. The third kappa shape index (κ3) is 51.7. The molecule has 374 valence electrons.